The first kappa shape index (κ1) is 19.1. The van der Waals surface area contributed by atoms with Crippen LogP contribution in [0.3, 0.4) is 0 Å². The maximum atomic E-state index is 11.7. The normalized spacial score (nSPS) is 10.2. The molecular weight excluding hydrogens is 358 g/mol. The van der Waals surface area contributed by atoms with Gasteiger partial charge in [-0.2, -0.15) is 10.1 Å². The molecule has 3 aromatic rings. The number of aromatic nitrogens is 3. The van der Waals surface area contributed by atoms with Gasteiger partial charge in [0, 0.05) is 5.69 Å². The lowest BCUT2D eigenvalue weighted by Crippen LogP contribution is -2.05. The van der Waals surface area contributed by atoms with Crippen LogP contribution in [-0.4, -0.2) is 34.4 Å². The third-order valence-corrected chi connectivity index (χ3v) is 3.66. The summed E-state index contributed by atoms with van der Waals surface area (Å²) >= 11 is 0. The molecule has 8 heteroatoms. The van der Waals surface area contributed by atoms with Crippen LogP contribution in [0.2, 0.25) is 0 Å². The Kier molecular flexibility index (Phi) is 6.35. The van der Waals surface area contributed by atoms with Gasteiger partial charge in [0.2, 0.25) is 5.95 Å². The summed E-state index contributed by atoms with van der Waals surface area (Å²) in [6, 6.07) is 14.4. The van der Waals surface area contributed by atoms with E-state index in [1.165, 1.54) is 6.20 Å². The molecule has 0 aliphatic rings. The van der Waals surface area contributed by atoms with Gasteiger partial charge in [0.25, 0.3) is 0 Å². The zero-order chi connectivity index (χ0) is 19.8. The number of rotatable bonds is 8. The van der Waals surface area contributed by atoms with Gasteiger partial charge in [0.15, 0.2) is 5.82 Å². The van der Waals surface area contributed by atoms with Gasteiger partial charge >= 0.3 is 5.97 Å². The molecule has 144 valence electrons. The van der Waals surface area contributed by atoms with Crippen molar-refractivity contribution in [1.29, 1.82) is 0 Å². The molecule has 0 radical (unpaired) electrons. The van der Waals surface area contributed by atoms with Crippen LogP contribution < -0.4 is 15.4 Å². The summed E-state index contributed by atoms with van der Waals surface area (Å²) in [5.74, 6) is 1.20. The highest BCUT2D eigenvalue weighted by atomic mass is 16.5. The number of hydrogen-bond donors (Lipinski definition) is 2. The molecule has 2 aromatic carbocycles. The van der Waals surface area contributed by atoms with E-state index in [0.717, 1.165) is 11.4 Å². The molecule has 0 unspecified atom stereocenters. The Labute approximate surface area is 162 Å². The molecule has 0 spiro atoms. The third-order valence-electron chi connectivity index (χ3n) is 3.66. The lowest BCUT2D eigenvalue weighted by atomic mass is 10.2. The van der Waals surface area contributed by atoms with Gasteiger partial charge in [-0.25, -0.2) is 4.79 Å². The number of para-hydroxylation sites is 2. The first-order valence-corrected chi connectivity index (χ1v) is 8.92. The maximum Gasteiger partial charge on any atom is 0.338 e. The summed E-state index contributed by atoms with van der Waals surface area (Å²) in [4.78, 5) is 16.1. The van der Waals surface area contributed by atoms with Crippen LogP contribution in [0.5, 0.6) is 5.75 Å². The van der Waals surface area contributed by atoms with Gasteiger partial charge in [-0.3, -0.25) is 0 Å². The van der Waals surface area contributed by atoms with E-state index in [9.17, 15) is 4.79 Å². The highest BCUT2D eigenvalue weighted by Crippen LogP contribution is 2.26. The Hall–Kier alpha value is -3.68. The van der Waals surface area contributed by atoms with Crippen molar-refractivity contribution in [2.75, 3.05) is 23.8 Å². The molecule has 1 heterocycles. The second-order valence-electron chi connectivity index (χ2n) is 5.64. The van der Waals surface area contributed by atoms with Gasteiger partial charge in [0.05, 0.1) is 30.7 Å². The molecule has 0 fully saturated rings. The number of esters is 1. The van der Waals surface area contributed by atoms with Crippen LogP contribution in [0.25, 0.3) is 0 Å². The fourth-order valence-corrected chi connectivity index (χ4v) is 2.44. The number of ether oxygens (including phenoxy) is 2. The van der Waals surface area contributed by atoms with Crippen molar-refractivity contribution in [3.05, 3.63) is 60.3 Å². The Morgan fingerprint density at radius 3 is 2.54 bits per heavy atom. The van der Waals surface area contributed by atoms with Crippen molar-refractivity contribution in [2.45, 2.75) is 13.8 Å². The number of nitrogens with zero attached hydrogens (tertiary/aromatic N) is 3. The second kappa shape index (κ2) is 9.31. The van der Waals surface area contributed by atoms with E-state index in [1.54, 1.807) is 31.2 Å². The van der Waals surface area contributed by atoms with E-state index >= 15 is 0 Å². The van der Waals surface area contributed by atoms with E-state index in [2.05, 4.69) is 25.8 Å². The summed E-state index contributed by atoms with van der Waals surface area (Å²) in [7, 11) is 0. The van der Waals surface area contributed by atoms with Gasteiger partial charge in [-0.15, -0.1) is 5.10 Å². The molecule has 8 nitrogen and oxygen atoms in total. The Bertz CT molecular complexity index is 931. The Morgan fingerprint density at radius 2 is 1.79 bits per heavy atom. The standard InChI is InChI=1S/C20H21N5O3/c1-3-27-17-8-6-5-7-16(17)23-20-24-18(13-21-25-20)22-15-11-9-14(10-12-15)19(26)28-4-2/h5-13H,3-4H2,1-2H3,(H2,22,23,24,25). The van der Waals surface area contributed by atoms with Crippen LogP contribution in [0.15, 0.2) is 54.7 Å². The fraction of sp³-hybridized carbons (Fsp3) is 0.200. The van der Waals surface area contributed by atoms with Crippen LogP contribution in [0.1, 0.15) is 24.2 Å². The SMILES string of the molecule is CCOC(=O)c1ccc(Nc2cnnc(Nc3ccccc3OCC)n2)cc1. The number of carbonyl (C=O) groups excluding carboxylic acids is 1. The van der Waals surface area contributed by atoms with Gasteiger partial charge in [-0.1, -0.05) is 12.1 Å². The lowest BCUT2D eigenvalue weighted by Gasteiger charge is -2.11. The Morgan fingerprint density at radius 1 is 1.00 bits per heavy atom. The van der Waals surface area contributed by atoms with Crippen molar-refractivity contribution < 1.29 is 14.3 Å². The van der Waals surface area contributed by atoms with E-state index in [0.29, 0.717) is 36.3 Å². The molecule has 28 heavy (non-hydrogen) atoms. The number of benzene rings is 2. The van der Waals surface area contributed by atoms with Gasteiger partial charge in [0.1, 0.15) is 5.75 Å². The second-order valence-corrected chi connectivity index (χ2v) is 5.64. The van der Waals surface area contributed by atoms with Crippen molar-refractivity contribution in [1.82, 2.24) is 15.2 Å². The highest BCUT2D eigenvalue weighted by molar-refractivity contribution is 5.89. The minimum absolute atomic E-state index is 0.334. The number of nitrogens with one attached hydrogen (secondary N) is 2. The average Bonchev–Trinajstić information content (AvgIpc) is 2.71. The molecule has 1 aromatic heterocycles. The monoisotopic (exact) mass is 379 g/mol. The van der Waals surface area contributed by atoms with Crippen molar-refractivity contribution in [2.24, 2.45) is 0 Å². The van der Waals surface area contributed by atoms with E-state index in [-0.39, 0.29) is 5.97 Å². The van der Waals surface area contributed by atoms with Gasteiger partial charge in [-0.05, 0) is 50.2 Å². The predicted octanol–water partition coefficient (Wildman–Crippen LogP) is 3.93. The molecular formula is C20H21N5O3. The first-order valence-electron chi connectivity index (χ1n) is 8.92. The maximum absolute atomic E-state index is 11.7. The van der Waals surface area contributed by atoms with E-state index < -0.39 is 0 Å². The summed E-state index contributed by atoms with van der Waals surface area (Å²) in [6.45, 7) is 4.59. The van der Waals surface area contributed by atoms with Crippen molar-refractivity contribution in [3.8, 4) is 5.75 Å². The average molecular weight is 379 g/mol. The topological polar surface area (TPSA) is 98.3 Å². The molecule has 0 saturated carbocycles. The third kappa shape index (κ3) is 4.94. The van der Waals surface area contributed by atoms with Crippen LogP contribution in [0, 0.1) is 0 Å². The summed E-state index contributed by atoms with van der Waals surface area (Å²) in [6.07, 6.45) is 1.51. The van der Waals surface area contributed by atoms with Crippen LogP contribution in [0.4, 0.5) is 23.1 Å². The minimum Gasteiger partial charge on any atom is -0.492 e. The van der Waals surface area contributed by atoms with Crippen molar-refractivity contribution in [3.63, 3.8) is 0 Å². The molecule has 0 aliphatic carbocycles. The number of carbonyl (C=O) groups is 1. The molecule has 2 N–H and O–H groups in total. The zero-order valence-corrected chi connectivity index (χ0v) is 15.7. The number of anilines is 4. The quantitative estimate of drug-likeness (QED) is 0.568. The predicted molar refractivity (Wildman–Crippen MR) is 106 cm³/mol. The molecule has 0 atom stereocenters. The van der Waals surface area contributed by atoms with Gasteiger partial charge < -0.3 is 20.1 Å². The first-order chi connectivity index (χ1) is 13.7. The molecule has 0 amide bonds. The van der Waals surface area contributed by atoms with Crippen LogP contribution in [-0.2, 0) is 4.74 Å². The fourth-order valence-electron chi connectivity index (χ4n) is 2.44. The summed E-state index contributed by atoms with van der Waals surface area (Å²) in [5.41, 5.74) is 2.00. The minimum atomic E-state index is -0.350. The largest absolute Gasteiger partial charge is 0.492 e. The number of hydrogen-bond acceptors (Lipinski definition) is 8. The zero-order valence-electron chi connectivity index (χ0n) is 15.7. The Balaban J connectivity index is 1.71. The highest BCUT2D eigenvalue weighted by Gasteiger charge is 2.08. The lowest BCUT2D eigenvalue weighted by molar-refractivity contribution is 0.0526. The smallest absolute Gasteiger partial charge is 0.338 e. The summed E-state index contributed by atoms with van der Waals surface area (Å²) < 4.78 is 10.6. The molecule has 0 bridgehead atoms. The van der Waals surface area contributed by atoms with E-state index in [4.69, 9.17) is 9.47 Å². The van der Waals surface area contributed by atoms with Crippen LogP contribution >= 0.6 is 0 Å². The van der Waals surface area contributed by atoms with Crippen molar-refractivity contribution >= 4 is 29.1 Å². The molecule has 0 aliphatic heterocycles. The summed E-state index contributed by atoms with van der Waals surface area (Å²) in [5, 5.41) is 14.2. The van der Waals surface area contributed by atoms with E-state index in [1.807, 2.05) is 31.2 Å². The molecule has 0 saturated heterocycles. The molecule has 3 rings (SSSR count).